The standard InChI is InChI=1S/C11H13N3O3S2/c1-7-4-5-9(17-3)10(6-7)19(15,16)14-11-13-12-8(2)18-11/h4-6H,1-3H3,(H,13,14). The molecular weight excluding hydrogens is 286 g/mol. The molecule has 1 aromatic heterocycles. The van der Waals surface area contributed by atoms with E-state index in [-0.39, 0.29) is 10.0 Å². The number of nitrogens with zero attached hydrogens (tertiary/aromatic N) is 2. The van der Waals surface area contributed by atoms with Crippen molar-refractivity contribution < 1.29 is 13.2 Å². The van der Waals surface area contributed by atoms with Crippen molar-refractivity contribution in [2.24, 2.45) is 0 Å². The Morgan fingerprint density at radius 1 is 1.26 bits per heavy atom. The Morgan fingerprint density at radius 2 is 2.00 bits per heavy atom. The van der Waals surface area contributed by atoms with Crippen molar-refractivity contribution in [3.63, 3.8) is 0 Å². The molecule has 0 aliphatic rings. The van der Waals surface area contributed by atoms with Gasteiger partial charge in [-0.2, -0.15) is 0 Å². The molecule has 0 radical (unpaired) electrons. The number of benzene rings is 1. The lowest BCUT2D eigenvalue weighted by Gasteiger charge is -2.10. The van der Waals surface area contributed by atoms with E-state index in [2.05, 4.69) is 14.9 Å². The molecule has 0 saturated carbocycles. The highest BCUT2D eigenvalue weighted by molar-refractivity contribution is 7.93. The van der Waals surface area contributed by atoms with Crippen LogP contribution in [0.15, 0.2) is 23.1 Å². The number of aromatic nitrogens is 2. The second-order valence-corrected chi connectivity index (χ2v) is 6.72. The zero-order valence-corrected chi connectivity index (χ0v) is 12.3. The number of sulfonamides is 1. The van der Waals surface area contributed by atoms with E-state index < -0.39 is 10.0 Å². The summed E-state index contributed by atoms with van der Waals surface area (Å²) in [6.07, 6.45) is 0. The van der Waals surface area contributed by atoms with Gasteiger partial charge in [0.25, 0.3) is 10.0 Å². The molecule has 0 spiro atoms. The lowest BCUT2D eigenvalue weighted by Crippen LogP contribution is -2.14. The van der Waals surface area contributed by atoms with Crippen LogP contribution in [0.3, 0.4) is 0 Å². The van der Waals surface area contributed by atoms with E-state index in [0.717, 1.165) is 5.56 Å². The van der Waals surface area contributed by atoms with Crippen molar-refractivity contribution in [2.75, 3.05) is 11.8 Å². The van der Waals surface area contributed by atoms with Crippen molar-refractivity contribution in [2.45, 2.75) is 18.7 Å². The van der Waals surface area contributed by atoms with Crippen molar-refractivity contribution in [1.82, 2.24) is 10.2 Å². The molecule has 0 fully saturated rings. The maximum absolute atomic E-state index is 12.3. The van der Waals surface area contributed by atoms with Crippen LogP contribution in [0.5, 0.6) is 5.75 Å². The molecule has 1 heterocycles. The predicted octanol–water partition coefficient (Wildman–Crippen LogP) is 1.96. The SMILES string of the molecule is COc1ccc(C)cc1S(=O)(=O)Nc1nnc(C)s1. The Labute approximate surface area is 115 Å². The molecule has 8 heteroatoms. The first kappa shape index (κ1) is 13.8. The van der Waals surface area contributed by atoms with Gasteiger partial charge in [-0.3, -0.25) is 4.72 Å². The zero-order valence-electron chi connectivity index (χ0n) is 10.7. The van der Waals surface area contributed by atoms with Gasteiger partial charge in [0, 0.05) is 0 Å². The number of rotatable bonds is 4. The van der Waals surface area contributed by atoms with Gasteiger partial charge in [0.05, 0.1) is 7.11 Å². The van der Waals surface area contributed by atoms with Gasteiger partial charge in [-0.25, -0.2) is 8.42 Å². The fourth-order valence-corrected chi connectivity index (χ4v) is 3.58. The van der Waals surface area contributed by atoms with Crippen LogP contribution in [0.4, 0.5) is 5.13 Å². The largest absolute Gasteiger partial charge is 0.495 e. The summed E-state index contributed by atoms with van der Waals surface area (Å²) in [5, 5.41) is 8.43. The van der Waals surface area contributed by atoms with Crippen LogP contribution in [0.2, 0.25) is 0 Å². The molecule has 1 N–H and O–H groups in total. The van der Waals surface area contributed by atoms with Crippen LogP contribution >= 0.6 is 11.3 Å². The molecule has 102 valence electrons. The molecule has 0 atom stereocenters. The Morgan fingerprint density at radius 3 is 2.58 bits per heavy atom. The predicted molar refractivity (Wildman–Crippen MR) is 73.2 cm³/mol. The Kier molecular flexibility index (Phi) is 3.72. The van der Waals surface area contributed by atoms with E-state index in [1.54, 1.807) is 25.1 Å². The highest BCUT2D eigenvalue weighted by Gasteiger charge is 2.21. The Balaban J connectivity index is 2.41. The third kappa shape index (κ3) is 3.02. The van der Waals surface area contributed by atoms with E-state index in [0.29, 0.717) is 10.8 Å². The Hall–Kier alpha value is -1.67. The first-order valence-electron chi connectivity index (χ1n) is 5.40. The summed E-state index contributed by atoms with van der Waals surface area (Å²) in [5.41, 5.74) is 0.828. The monoisotopic (exact) mass is 299 g/mol. The molecule has 19 heavy (non-hydrogen) atoms. The minimum Gasteiger partial charge on any atom is -0.495 e. The average molecular weight is 299 g/mol. The van der Waals surface area contributed by atoms with Crippen molar-refractivity contribution in [3.05, 3.63) is 28.8 Å². The Bertz CT molecular complexity index is 695. The maximum Gasteiger partial charge on any atom is 0.267 e. The van der Waals surface area contributed by atoms with Crippen LogP contribution in [-0.4, -0.2) is 25.7 Å². The molecule has 0 aliphatic heterocycles. The second-order valence-electron chi connectivity index (χ2n) is 3.89. The molecule has 6 nitrogen and oxygen atoms in total. The summed E-state index contributed by atoms with van der Waals surface area (Å²) in [7, 11) is -2.30. The highest BCUT2D eigenvalue weighted by Crippen LogP contribution is 2.27. The van der Waals surface area contributed by atoms with Gasteiger partial charge < -0.3 is 4.74 Å². The van der Waals surface area contributed by atoms with E-state index in [1.165, 1.54) is 18.4 Å². The van der Waals surface area contributed by atoms with Gasteiger partial charge in [-0.1, -0.05) is 17.4 Å². The topological polar surface area (TPSA) is 81.2 Å². The number of aryl methyl sites for hydroxylation is 2. The lowest BCUT2D eigenvalue weighted by atomic mass is 10.2. The molecule has 0 aliphatic carbocycles. The van der Waals surface area contributed by atoms with Gasteiger partial charge in [-0.15, -0.1) is 10.2 Å². The van der Waals surface area contributed by atoms with Gasteiger partial charge in [-0.05, 0) is 31.5 Å². The molecule has 0 amide bonds. The summed E-state index contributed by atoms with van der Waals surface area (Å²) in [6.45, 7) is 3.57. The van der Waals surface area contributed by atoms with E-state index in [1.807, 2.05) is 6.92 Å². The minimum absolute atomic E-state index is 0.0860. The van der Waals surface area contributed by atoms with Crippen LogP contribution in [-0.2, 0) is 10.0 Å². The summed E-state index contributed by atoms with van der Waals surface area (Å²) < 4.78 is 32.1. The molecule has 0 unspecified atom stereocenters. The maximum atomic E-state index is 12.3. The van der Waals surface area contributed by atoms with E-state index in [4.69, 9.17) is 4.74 Å². The third-order valence-corrected chi connectivity index (χ3v) is 4.60. The van der Waals surface area contributed by atoms with Crippen LogP contribution in [0.1, 0.15) is 10.6 Å². The van der Waals surface area contributed by atoms with E-state index >= 15 is 0 Å². The van der Waals surface area contributed by atoms with Crippen molar-refractivity contribution in [3.8, 4) is 5.75 Å². The number of nitrogens with one attached hydrogen (secondary N) is 1. The molecule has 1 aromatic carbocycles. The van der Waals surface area contributed by atoms with Crippen molar-refractivity contribution in [1.29, 1.82) is 0 Å². The zero-order chi connectivity index (χ0) is 14.0. The molecule has 2 rings (SSSR count). The first-order chi connectivity index (χ1) is 8.92. The molecule has 0 bridgehead atoms. The summed E-state index contributed by atoms with van der Waals surface area (Å²) >= 11 is 1.17. The van der Waals surface area contributed by atoms with Crippen LogP contribution in [0.25, 0.3) is 0 Å². The number of hydrogen-bond acceptors (Lipinski definition) is 6. The number of hydrogen-bond donors (Lipinski definition) is 1. The summed E-state index contributed by atoms with van der Waals surface area (Å²) in [4.78, 5) is 0.0860. The van der Waals surface area contributed by atoms with Crippen molar-refractivity contribution >= 4 is 26.5 Å². The number of anilines is 1. The second kappa shape index (κ2) is 5.14. The molecule has 2 aromatic rings. The molecular formula is C11H13N3O3S2. The van der Waals surface area contributed by atoms with Crippen LogP contribution < -0.4 is 9.46 Å². The van der Waals surface area contributed by atoms with Gasteiger partial charge in [0.15, 0.2) is 0 Å². The van der Waals surface area contributed by atoms with Crippen LogP contribution in [0, 0.1) is 13.8 Å². The fraction of sp³-hybridized carbons (Fsp3) is 0.273. The quantitative estimate of drug-likeness (QED) is 0.933. The highest BCUT2D eigenvalue weighted by atomic mass is 32.2. The van der Waals surface area contributed by atoms with Gasteiger partial charge in [0.2, 0.25) is 5.13 Å². The lowest BCUT2D eigenvalue weighted by molar-refractivity contribution is 0.402. The molecule has 0 saturated heterocycles. The van der Waals surface area contributed by atoms with Gasteiger partial charge >= 0.3 is 0 Å². The average Bonchev–Trinajstić information content (AvgIpc) is 2.74. The number of methoxy groups -OCH3 is 1. The minimum atomic E-state index is -3.73. The normalized spacial score (nSPS) is 11.3. The fourth-order valence-electron chi connectivity index (χ4n) is 1.50. The number of ether oxygens (including phenoxy) is 1. The summed E-state index contributed by atoms with van der Waals surface area (Å²) in [6, 6.07) is 4.96. The van der Waals surface area contributed by atoms with Gasteiger partial charge in [0.1, 0.15) is 15.7 Å². The summed E-state index contributed by atoms with van der Waals surface area (Å²) in [5.74, 6) is 0.291. The van der Waals surface area contributed by atoms with E-state index in [9.17, 15) is 8.42 Å². The first-order valence-corrected chi connectivity index (χ1v) is 7.70. The smallest absolute Gasteiger partial charge is 0.267 e. The third-order valence-electron chi connectivity index (χ3n) is 2.36.